The Morgan fingerprint density at radius 3 is 3.00 bits per heavy atom. The zero-order chi connectivity index (χ0) is 17.1. The van der Waals surface area contributed by atoms with Gasteiger partial charge in [-0.25, -0.2) is 9.37 Å². The second-order valence-electron chi connectivity index (χ2n) is 4.99. The molecule has 2 aromatic heterocycles. The van der Waals surface area contributed by atoms with Crippen LogP contribution in [0.4, 0.5) is 4.39 Å². The van der Waals surface area contributed by atoms with Gasteiger partial charge < -0.3 is 10.8 Å². The molecule has 3 nitrogen and oxygen atoms in total. The van der Waals surface area contributed by atoms with Crippen molar-refractivity contribution < 1.29 is 9.50 Å². The maximum atomic E-state index is 13.9. The molecule has 0 amide bonds. The number of thiophene rings is 1. The van der Waals surface area contributed by atoms with Crippen molar-refractivity contribution in [2.75, 3.05) is 6.54 Å². The molecule has 3 rings (SSSR count). The number of hydrogen-bond donors (Lipinski definition) is 2. The molecule has 0 aliphatic carbocycles. The van der Waals surface area contributed by atoms with Crippen LogP contribution in [0, 0.1) is 17.0 Å². The summed E-state index contributed by atoms with van der Waals surface area (Å²) in [6, 6.07) is 8.57. The van der Waals surface area contributed by atoms with Crippen LogP contribution in [-0.2, 0) is 0 Å². The number of aliphatic hydroxyl groups excluding tert-OH is 1. The fourth-order valence-corrected chi connectivity index (χ4v) is 3.81. The van der Waals surface area contributed by atoms with Gasteiger partial charge >= 0.3 is 0 Å². The molecule has 3 N–H and O–H groups in total. The van der Waals surface area contributed by atoms with Crippen molar-refractivity contribution in [1.82, 2.24) is 4.98 Å². The highest BCUT2D eigenvalue weighted by atomic mass is 127. The minimum absolute atomic E-state index is 0.0728. The Morgan fingerprint density at radius 2 is 2.25 bits per heavy atom. The molecular weight excluding hydrogens is 458 g/mol. The van der Waals surface area contributed by atoms with E-state index in [9.17, 15) is 9.50 Å². The van der Waals surface area contributed by atoms with E-state index in [1.165, 1.54) is 26.3 Å². The first-order valence-corrected chi connectivity index (χ1v) is 11.2. The quantitative estimate of drug-likeness (QED) is 0.438. The van der Waals surface area contributed by atoms with Crippen molar-refractivity contribution in [3.8, 4) is 22.4 Å². The van der Waals surface area contributed by atoms with Crippen molar-refractivity contribution in [3.05, 3.63) is 52.8 Å². The number of aliphatic hydroxyl groups is 1. The van der Waals surface area contributed by atoms with Crippen molar-refractivity contribution in [1.29, 1.82) is 0 Å². The average molecular weight is 470 g/mol. The maximum Gasteiger partial charge on any atom is 0.141 e. The number of hydrogen-bond acceptors (Lipinski definition) is 5. The lowest BCUT2D eigenvalue weighted by atomic mass is 10.1. The number of halogens is 2. The van der Waals surface area contributed by atoms with E-state index in [0.29, 0.717) is 16.1 Å². The third kappa shape index (κ3) is 3.58. The van der Waals surface area contributed by atoms with E-state index in [-0.39, 0.29) is 12.4 Å². The number of nitrogens with zero attached hydrogens (tertiary/aromatic N) is 1. The second-order valence-corrected chi connectivity index (χ2v) is 7.55. The molecule has 3 aromatic rings. The molecule has 0 aliphatic heterocycles. The van der Waals surface area contributed by atoms with Crippen LogP contribution in [0.2, 0.25) is 0 Å². The first kappa shape index (κ1) is 17.6. The molecule has 0 fully saturated rings. The molecule has 0 bridgehead atoms. The predicted octanol–water partition coefficient (Wildman–Crippen LogP) is 4.49. The van der Waals surface area contributed by atoms with Crippen molar-refractivity contribution in [2.45, 2.75) is 6.10 Å². The molecule has 122 valence electrons. The van der Waals surface area contributed by atoms with Crippen LogP contribution < -0.4 is 5.73 Å². The van der Waals surface area contributed by atoms with Gasteiger partial charge in [0.2, 0.25) is 0 Å². The number of nitrogens with two attached hydrogens (primary N) is 1. The molecule has 7 heteroatoms. The van der Waals surface area contributed by atoms with Crippen molar-refractivity contribution >= 4 is 51.6 Å². The smallest absolute Gasteiger partial charge is 0.141 e. The third-order valence-electron chi connectivity index (χ3n) is 3.47. The van der Waals surface area contributed by atoms with Gasteiger partial charge in [0.05, 0.1) is 16.1 Å². The topological polar surface area (TPSA) is 59.1 Å². The minimum Gasteiger partial charge on any atom is -0.385 e. The van der Waals surface area contributed by atoms with E-state index in [2.05, 4.69) is 37.4 Å². The number of rotatable bonds is 3. The normalized spacial score (nSPS) is 12.0. The van der Waals surface area contributed by atoms with Crippen LogP contribution in [-0.4, -0.2) is 16.6 Å². The summed E-state index contributed by atoms with van der Waals surface area (Å²) in [6.45, 7) is 0.0728. The van der Waals surface area contributed by atoms with E-state index in [0.717, 1.165) is 16.5 Å². The van der Waals surface area contributed by atoms with Gasteiger partial charge in [0, 0.05) is 49.6 Å². The highest BCUT2D eigenvalue weighted by Crippen LogP contribution is 2.35. The first-order chi connectivity index (χ1) is 11.6. The second kappa shape index (κ2) is 7.80. The Labute approximate surface area is 159 Å². The number of pyridine rings is 1. The Hall–Kier alpha value is -1.18. The fraction of sp³-hybridized carbons (Fsp3) is 0.118. The predicted molar refractivity (Wildman–Crippen MR) is 108 cm³/mol. The van der Waals surface area contributed by atoms with Crippen molar-refractivity contribution in [2.24, 2.45) is 5.73 Å². The van der Waals surface area contributed by atoms with E-state index in [1.54, 1.807) is 12.1 Å². The van der Waals surface area contributed by atoms with Gasteiger partial charge in [0.15, 0.2) is 0 Å². The molecule has 0 saturated carbocycles. The lowest BCUT2D eigenvalue weighted by Gasteiger charge is -2.10. The summed E-state index contributed by atoms with van der Waals surface area (Å²) in [5, 5.41) is 15.7. The molecule has 2 heterocycles. The highest BCUT2D eigenvalue weighted by molar-refractivity contribution is 14.2. The summed E-state index contributed by atoms with van der Waals surface area (Å²) in [5.41, 5.74) is 8.24. The maximum absolute atomic E-state index is 13.9. The molecule has 0 radical (unpaired) electrons. The van der Waals surface area contributed by atoms with Crippen LogP contribution in [0.25, 0.3) is 21.3 Å². The summed E-state index contributed by atoms with van der Waals surface area (Å²) < 4.78 is 14.5. The summed E-state index contributed by atoms with van der Waals surface area (Å²) in [4.78, 5) is 4.51. The number of aromatic nitrogens is 1. The molecule has 1 aromatic carbocycles. The summed E-state index contributed by atoms with van der Waals surface area (Å²) in [7, 11) is 1.38. The number of fused-ring (bicyclic) bond motifs is 1. The largest absolute Gasteiger partial charge is 0.385 e. The van der Waals surface area contributed by atoms with Gasteiger partial charge in [-0.2, -0.15) is 0 Å². The monoisotopic (exact) mass is 470 g/mol. The van der Waals surface area contributed by atoms with E-state index < -0.39 is 6.10 Å². The Balaban J connectivity index is 2.20. The van der Waals surface area contributed by atoms with E-state index in [4.69, 9.17) is 5.73 Å². The van der Waals surface area contributed by atoms with Crippen LogP contribution in [0.3, 0.4) is 0 Å². The third-order valence-corrected chi connectivity index (χ3v) is 5.32. The molecule has 1 unspecified atom stereocenters. The van der Waals surface area contributed by atoms with E-state index in [1.807, 2.05) is 17.5 Å². The minimum atomic E-state index is -0.862. The van der Waals surface area contributed by atoms with Gasteiger partial charge in [-0.15, -0.1) is 11.3 Å². The van der Waals surface area contributed by atoms with Gasteiger partial charge in [-0.05, 0) is 32.4 Å². The van der Waals surface area contributed by atoms with Gasteiger partial charge in [-0.3, -0.25) is 0 Å². The Morgan fingerprint density at radius 1 is 1.42 bits per heavy atom. The lowest BCUT2D eigenvalue weighted by Crippen LogP contribution is -2.13. The standard InChI is InChI=1S/C17H12FIN2OS2/c18-13-3-1-2-11-12(9-23-17(11)13)14-6-10(4-5-24-19)7-15(21-14)16(22)8-20/h1-3,6-7,9,16,22H,8,20H2. The fourth-order valence-electron chi connectivity index (χ4n) is 2.35. The van der Waals surface area contributed by atoms with E-state index >= 15 is 0 Å². The molecule has 24 heavy (non-hydrogen) atoms. The highest BCUT2D eigenvalue weighted by Gasteiger charge is 2.14. The average Bonchev–Trinajstić information content (AvgIpc) is 3.04. The van der Waals surface area contributed by atoms with Crippen LogP contribution in [0.5, 0.6) is 0 Å². The lowest BCUT2D eigenvalue weighted by molar-refractivity contribution is 0.182. The van der Waals surface area contributed by atoms with Crippen LogP contribution >= 0.6 is 41.5 Å². The first-order valence-electron chi connectivity index (χ1n) is 6.99. The van der Waals surface area contributed by atoms with Gasteiger partial charge in [0.1, 0.15) is 11.9 Å². The van der Waals surface area contributed by atoms with Gasteiger partial charge in [0.25, 0.3) is 0 Å². The SMILES string of the molecule is NCC(O)c1cc(C#CSI)cc(-c2csc3c(F)cccc23)n1. The summed E-state index contributed by atoms with van der Waals surface area (Å²) in [5.74, 6) is 2.77. The van der Waals surface area contributed by atoms with Crippen LogP contribution in [0.15, 0.2) is 35.7 Å². The summed E-state index contributed by atoms with van der Waals surface area (Å²) in [6.07, 6.45) is -0.862. The summed E-state index contributed by atoms with van der Waals surface area (Å²) >= 11 is 3.43. The zero-order valence-electron chi connectivity index (χ0n) is 12.3. The Bertz CT molecular complexity index is 949. The molecule has 0 aliphatic rings. The Kier molecular flexibility index (Phi) is 5.73. The van der Waals surface area contributed by atoms with Gasteiger partial charge in [-0.1, -0.05) is 18.1 Å². The zero-order valence-corrected chi connectivity index (χ0v) is 16.1. The number of benzene rings is 1. The molecule has 1 atom stereocenters. The molecule has 0 saturated heterocycles. The van der Waals surface area contributed by atoms with Crippen LogP contribution in [0.1, 0.15) is 17.4 Å². The molecule has 0 spiro atoms. The molecular formula is C17H12FIN2OS2. The van der Waals surface area contributed by atoms with Crippen molar-refractivity contribution in [3.63, 3.8) is 0 Å².